The van der Waals surface area contributed by atoms with Gasteiger partial charge >= 0.3 is 0 Å². The first kappa shape index (κ1) is 11.4. The third-order valence-corrected chi connectivity index (χ3v) is 3.51. The van der Waals surface area contributed by atoms with E-state index < -0.39 is 0 Å². The first-order valence-corrected chi connectivity index (χ1v) is 6.17. The molecule has 1 aliphatic rings. The molecule has 0 atom stereocenters. The number of halogens is 2. The molecule has 2 rings (SSSR count). The molecule has 0 bridgehead atoms. The number of nitrogens with zero attached hydrogens (tertiary/aromatic N) is 1. The van der Waals surface area contributed by atoms with Gasteiger partial charge in [0.05, 0.1) is 13.2 Å². The SMILES string of the molecule is Clc1ccc(Br)c(CN2CCOCC2)c1. The maximum Gasteiger partial charge on any atom is 0.0594 e. The van der Waals surface area contributed by atoms with Gasteiger partial charge in [-0.3, -0.25) is 4.90 Å². The summed E-state index contributed by atoms with van der Waals surface area (Å²) in [5.41, 5.74) is 1.24. The van der Waals surface area contributed by atoms with Crippen molar-refractivity contribution in [2.24, 2.45) is 0 Å². The molecule has 0 N–H and O–H groups in total. The van der Waals surface area contributed by atoms with Crippen molar-refractivity contribution < 1.29 is 4.74 Å². The van der Waals surface area contributed by atoms with E-state index in [1.807, 2.05) is 18.2 Å². The zero-order chi connectivity index (χ0) is 10.7. The van der Waals surface area contributed by atoms with Gasteiger partial charge in [-0.1, -0.05) is 27.5 Å². The van der Waals surface area contributed by atoms with Crippen LogP contribution in [0.25, 0.3) is 0 Å². The van der Waals surface area contributed by atoms with Crippen molar-refractivity contribution in [2.75, 3.05) is 26.3 Å². The van der Waals surface area contributed by atoms with Crippen LogP contribution in [0.3, 0.4) is 0 Å². The predicted molar refractivity (Wildman–Crippen MR) is 65.2 cm³/mol. The summed E-state index contributed by atoms with van der Waals surface area (Å²) in [6, 6.07) is 5.91. The summed E-state index contributed by atoms with van der Waals surface area (Å²) in [6.07, 6.45) is 0. The van der Waals surface area contributed by atoms with Gasteiger partial charge in [0.25, 0.3) is 0 Å². The van der Waals surface area contributed by atoms with E-state index in [1.54, 1.807) is 0 Å². The van der Waals surface area contributed by atoms with Crippen molar-refractivity contribution in [3.8, 4) is 0 Å². The van der Waals surface area contributed by atoms with Crippen LogP contribution in [0.4, 0.5) is 0 Å². The van der Waals surface area contributed by atoms with Crippen LogP contribution >= 0.6 is 27.5 Å². The van der Waals surface area contributed by atoms with Crippen molar-refractivity contribution in [2.45, 2.75) is 6.54 Å². The van der Waals surface area contributed by atoms with E-state index in [4.69, 9.17) is 16.3 Å². The molecule has 0 radical (unpaired) electrons. The van der Waals surface area contributed by atoms with Gasteiger partial charge in [0.2, 0.25) is 0 Å². The van der Waals surface area contributed by atoms with E-state index in [0.29, 0.717) is 0 Å². The lowest BCUT2D eigenvalue weighted by Gasteiger charge is -2.26. The van der Waals surface area contributed by atoms with Crippen molar-refractivity contribution in [1.29, 1.82) is 0 Å². The standard InChI is InChI=1S/C11H13BrClNO/c12-11-2-1-10(13)7-9(11)8-14-3-5-15-6-4-14/h1-2,7H,3-6,8H2. The van der Waals surface area contributed by atoms with E-state index in [0.717, 1.165) is 42.3 Å². The summed E-state index contributed by atoms with van der Waals surface area (Å²) in [7, 11) is 0. The van der Waals surface area contributed by atoms with Crippen molar-refractivity contribution in [3.63, 3.8) is 0 Å². The van der Waals surface area contributed by atoms with Crippen LogP contribution in [0.5, 0.6) is 0 Å². The molecule has 0 saturated carbocycles. The molecule has 0 aromatic heterocycles. The first-order valence-electron chi connectivity index (χ1n) is 5.00. The molecule has 2 nitrogen and oxygen atoms in total. The monoisotopic (exact) mass is 289 g/mol. The molecule has 0 amide bonds. The molecule has 1 saturated heterocycles. The van der Waals surface area contributed by atoms with Gasteiger partial charge in [0.1, 0.15) is 0 Å². The minimum atomic E-state index is 0.793. The molecule has 0 aliphatic carbocycles. The second kappa shape index (κ2) is 5.30. The normalized spacial score (nSPS) is 18.0. The summed E-state index contributed by atoms with van der Waals surface area (Å²) in [4.78, 5) is 2.37. The Hall–Kier alpha value is -0.0900. The molecule has 0 spiro atoms. The van der Waals surface area contributed by atoms with Crippen molar-refractivity contribution in [3.05, 3.63) is 33.3 Å². The Balaban J connectivity index is 2.05. The zero-order valence-corrected chi connectivity index (χ0v) is 10.7. The van der Waals surface area contributed by atoms with Gasteiger partial charge in [0.15, 0.2) is 0 Å². The maximum atomic E-state index is 5.97. The molecular weight excluding hydrogens is 277 g/mol. The second-order valence-corrected chi connectivity index (χ2v) is 4.92. The topological polar surface area (TPSA) is 12.5 Å². The largest absolute Gasteiger partial charge is 0.379 e. The van der Waals surface area contributed by atoms with Crippen LogP contribution in [0.15, 0.2) is 22.7 Å². The Labute approximate surface area is 103 Å². The van der Waals surface area contributed by atoms with Gasteiger partial charge in [-0.25, -0.2) is 0 Å². The highest BCUT2D eigenvalue weighted by molar-refractivity contribution is 9.10. The average molecular weight is 291 g/mol. The quantitative estimate of drug-likeness (QED) is 0.830. The van der Waals surface area contributed by atoms with Crippen LogP contribution in [-0.4, -0.2) is 31.2 Å². The van der Waals surface area contributed by atoms with Crippen LogP contribution in [0.1, 0.15) is 5.56 Å². The lowest BCUT2D eigenvalue weighted by Crippen LogP contribution is -2.35. The molecule has 1 aliphatic heterocycles. The third kappa shape index (κ3) is 3.18. The summed E-state index contributed by atoms with van der Waals surface area (Å²) in [6.45, 7) is 4.60. The Morgan fingerprint density at radius 3 is 2.80 bits per heavy atom. The van der Waals surface area contributed by atoms with Gasteiger partial charge < -0.3 is 4.74 Å². The lowest BCUT2D eigenvalue weighted by molar-refractivity contribution is 0.0341. The minimum Gasteiger partial charge on any atom is -0.379 e. The fourth-order valence-corrected chi connectivity index (χ4v) is 2.23. The van der Waals surface area contributed by atoms with E-state index in [1.165, 1.54) is 5.56 Å². The highest BCUT2D eigenvalue weighted by atomic mass is 79.9. The Kier molecular flexibility index (Phi) is 4.03. The number of rotatable bonds is 2. The number of hydrogen-bond acceptors (Lipinski definition) is 2. The predicted octanol–water partition coefficient (Wildman–Crippen LogP) is 2.93. The van der Waals surface area contributed by atoms with E-state index in [2.05, 4.69) is 20.8 Å². The van der Waals surface area contributed by atoms with Gasteiger partial charge in [-0.15, -0.1) is 0 Å². The molecular formula is C11H13BrClNO. The summed E-state index contributed by atoms with van der Waals surface area (Å²) in [5, 5.41) is 0.793. The maximum absolute atomic E-state index is 5.97. The molecule has 1 fully saturated rings. The summed E-state index contributed by atoms with van der Waals surface area (Å²) >= 11 is 9.51. The van der Waals surface area contributed by atoms with E-state index in [9.17, 15) is 0 Å². The molecule has 4 heteroatoms. The van der Waals surface area contributed by atoms with Gasteiger partial charge in [-0.2, -0.15) is 0 Å². The Morgan fingerprint density at radius 2 is 2.07 bits per heavy atom. The summed E-state index contributed by atoms with van der Waals surface area (Å²) < 4.78 is 6.44. The molecule has 1 aromatic carbocycles. The zero-order valence-electron chi connectivity index (χ0n) is 8.38. The average Bonchev–Trinajstić information content (AvgIpc) is 2.25. The number of ether oxygens (including phenoxy) is 1. The number of benzene rings is 1. The van der Waals surface area contributed by atoms with Crippen LogP contribution in [0, 0.1) is 0 Å². The summed E-state index contributed by atoms with van der Waals surface area (Å²) in [5.74, 6) is 0. The first-order chi connectivity index (χ1) is 7.25. The van der Waals surface area contributed by atoms with Crippen LogP contribution in [0.2, 0.25) is 5.02 Å². The second-order valence-electron chi connectivity index (χ2n) is 3.62. The van der Waals surface area contributed by atoms with Crippen LogP contribution in [-0.2, 0) is 11.3 Å². The van der Waals surface area contributed by atoms with Crippen molar-refractivity contribution in [1.82, 2.24) is 4.90 Å². The molecule has 0 unspecified atom stereocenters. The fraction of sp³-hybridized carbons (Fsp3) is 0.455. The molecule has 1 heterocycles. The van der Waals surface area contributed by atoms with Gasteiger partial charge in [-0.05, 0) is 23.8 Å². The highest BCUT2D eigenvalue weighted by Gasteiger charge is 2.12. The molecule has 1 aromatic rings. The van der Waals surface area contributed by atoms with E-state index in [-0.39, 0.29) is 0 Å². The number of hydrogen-bond donors (Lipinski definition) is 0. The van der Waals surface area contributed by atoms with Crippen molar-refractivity contribution >= 4 is 27.5 Å². The van der Waals surface area contributed by atoms with E-state index >= 15 is 0 Å². The number of morpholine rings is 1. The Morgan fingerprint density at radius 1 is 1.33 bits per heavy atom. The van der Waals surface area contributed by atoms with Gasteiger partial charge in [0, 0.05) is 29.1 Å². The fourth-order valence-electron chi connectivity index (χ4n) is 1.66. The molecule has 15 heavy (non-hydrogen) atoms. The smallest absolute Gasteiger partial charge is 0.0594 e. The lowest BCUT2D eigenvalue weighted by atomic mass is 10.2. The highest BCUT2D eigenvalue weighted by Crippen LogP contribution is 2.22. The minimum absolute atomic E-state index is 0.793. The Bertz CT molecular complexity index is 339. The van der Waals surface area contributed by atoms with Crippen LogP contribution < -0.4 is 0 Å². The molecule has 82 valence electrons. The third-order valence-electron chi connectivity index (χ3n) is 2.51.